The van der Waals surface area contributed by atoms with Crippen LogP contribution in [0.15, 0.2) is 12.2 Å². The summed E-state index contributed by atoms with van der Waals surface area (Å²) in [7, 11) is 0. The molecule has 0 fully saturated rings. The molecule has 0 aromatic carbocycles. The summed E-state index contributed by atoms with van der Waals surface area (Å²) in [6.45, 7) is 10.5. The maximum atomic E-state index is 10.8. The van der Waals surface area contributed by atoms with Gasteiger partial charge in [0.1, 0.15) is 6.29 Å². The molecular formula is C15H28N2O3. The van der Waals surface area contributed by atoms with E-state index in [9.17, 15) is 9.59 Å². The zero-order valence-corrected chi connectivity index (χ0v) is 13.3. The second-order valence-corrected chi connectivity index (χ2v) is 5.06. The average Bonchev–Trinajstić information content (AvgIpc) is 2.70. The van der Waals surface area contributed by atoms with Crippen molar-refractivity contribution < 1.29 is 14.4 Å². The van der Waals surface area contributed by atoms with Crippen molar-refractivity contribution in [1.82, 2.24) is 4.90 Å². The fourth-order valence-corrected chi connectivity index (χ4v) is 1.50. The van der Waals surface area contributed by atoms with Gasteiger partial charge in [-0.3, -0.25) is 14.5 Å². The Bertz CT molecular complexity index is 305. The van der Waals surface area contributed by atoms with Crippen LogP contribution in [0.25, 0.3) is 0 Å². The zero-order chi connectivity index (χ0) is 16.1. The molecule has 5 heteroatoms. The molecule has 5 nitrogen and oxygen atoms in total. The topological polar surface area (TPSA) is 80.5 Å². The van der Waals surface area contributed by atoms with Crippen LogP contribution in [-0.2, 0) is 14.4 Å². The maximum Gasteiger partial charge on any atom is 0.253 e. The third kappa shape index (κ3) is 10.4. The van der Waals surface area contributed by atoms with Crippen molar-refractivity contribution in [2.75, 3.05) is 6.54 Å². The van der Waals surface area contributed by atoms with Gasteiger partial charge in [-0.1, -0.05) is 33.6 Å². The van der Waals surface area contributed by atoms with Gasteiger partial charge in [0.05, 0.1) is 0 Å². The maximum absolute atomic E-state index is 10.8. The Balaban J connectivity index is 0. The summed E-state index contributed by atoms with van der Waals surface area (Å²) in [5.74, 6) is 0.481. The summed E-state index contributed by atoms with van der Waals surface area (Å²) in [6, 6.07) is -0.0324. The zero-order valence-electron chi connectivity index (χ0n) is 13.3. The molecule has 0 radical (unpaired) electrons. The number of hydrogen-bond acceptors (Lipinski definition) is 4. The van der Waals surface area contributed by atoms with Crippen molar-refractivity contribution in [3.05, 3.63) is 12.2 Å². The predicted molar refractivity (Wildman–Crippen MR) is 81.0 cm³/mol. The van der Waals surface area contributed by atoms with Crippen LogP contribution in [0, 0.1) is 5.92 Å². The Labute approximate surface area is 122 Å². The molecule has 0 aromatic heterocycles. The van der Waals surface area contributed by atoms with Gasteiger partial charge < -0.3 is 10.5 Å². The molecule has 0 spiro atoms. The highest BCUT2D eigenvalue weighted by molar-refractivity contribution is 6.13. The van der Waals surface area contributed by atoms with Crippen LogP contribution in [0.2, 0.25) is 0 Å². The van der Waals surface area contributed by atoms with E-state index in [0.717, 1.165) is 5.92 Å². The Morgan fingerprint density at radius 2 is 1.55 bits per heavy atom. The molecule has 1 aliphatic heterocycles. The Kier molecular flexibility index (Phi) is 13.1. The molecular weight excluding hydrogens is 256 g/mol. The van der Waals surface area contributed by atoms with Gasteiger partial charge in [0, 0.05) is 24.7 Å². The Morgan fingerprint density at radius 1 is 1.15 bits per heavy atom. The van der Waals surface area contributed by atoms with E-state index in [1.807, 2.05) is 13.8 Å². The monoisotopic (exact) mass is 284 g/mol. The summed E-state index contributed by atoms with van der Waals surface area (Å²) in [4.78, 5) is 32.0. The van der Waals surface area contributed by atoms with E-state index in [2.05, 4.69) is 26.5 Å². The van der Waals surface area contributed by atoms with Gasteiger partial charge in [-0.2, -0.15) is 0 Å². The minimum atomic E-state index is -0.208. The molecule has 0 unspecified atom stereocenters. The van der Waals surface area contributed by atoms with Crippen molar-refractivity contribution in [3.8, 4) is 0 Å². The number of hydrogen-bond donors (Lipinski definition) is 1. The van der Waals surface area contributed by atoms with Crippen LogP contribution in [0.3, 0.4) is 0 Å². The molecule has 0 saturated carbocycles. The first-order chi connectivity index (χ1) is 9.31. The lowest BCUT2D eigenvalue weighted by Crippen LogP contribution is -2.36. The van der Waals surface area contributed by atoms with Crippen molar-refractivity contribution in [2.45, 2.75) is 53.5 Å². The quantitative estimate of drug-likeness (QED) is 0.631. The van der Waals surface area contributed by atoms with E-state index in [1.165, 1.54) is 29.9 Å². The van der Waals surface area contributed by atoms with Gasteiger partial charge in [-0.15, -0.1) is 0 Å². The van der Waals surface area contributed by atoms with E-state index in [1.54, 1.807) is 0 Å². The van der Waals surface area contributed by atoms with Gasteiger partial charge in [0.2, 0.25) is 0 Å². The normalized spacial score (nSPS) is 13.1. The van der Waals surface area contributed by atoms with E-state index >= 15 is 0 Å². The number of carbonyl (C=O) groups excluding carboxylic acids is 3. The number of imide groups is 1. The lowest BCUT2D eigenvalue weighted by atomic mass is 10.1. The Hall–Kier alpha value is -1.49. The number of carbonyl (C=O) groups is 3. The van der Waals surface area contributed by atoms with Gasteiger partial charge in [0.15, 0.2) is 0 Å². The van der Waals surface area contributed by atoms with E-state index in [-0.39, 0.29) is 24.4 Å². The molecule has 116 valence electrons. The number of aldehydes is 1. The van der Waals surface area contributed by atoms with Crippen molar-refractivity contribution in [2.24, 2.45) is 11.7 Å². The van der Waals surface area contributed by atoms with Crippen molar-refractivity contribution >= 4 is 18.1 Å². The summed E-state index contributed by atoms with van der Waals surface area (Å²) >= 11 is 0. The molecule has 1 rings (SSSR count). The lowest BCUT2D eigenvalue weighted by Gasteiger charge is -2.17. The molecule has 0 bridgehead atoms. The first-order valence-electron chi connectivity index (χ1n) is 7.00. The second-order valence-electron chi connectivity index (χ2n) is 5.06. The van der Waals surface area contributed by atoms with Gasteiger partial charge in [0.25, 0.3) is 11.8 Å². The molecule has 2 N–H and O–H groups in total. The first-order valence-corrected chi connectivity index (χ1v) is 7.00. The van der Waals surface area contributed by atoms with E-state index in [0.29, 0.717) is 6.29 Å². The third-order valence-electron chi connectivity index (χ3n) is 2.32. The van der Waals surface area contributed by atoms with Gasteiger partial charge in [-0.25, -0.2) is 0 Å². The average molecular weight is 284 g/mol. The highest BCUT2D eigenvalue weighted by Crippen LogP contribution is 2.07. The summed E-state index contributed by atoms with van der Waals surface area (Å²) in [5.41, 5.74) is 4.66. The van der Waals surface area contributed by atoms with Gasteiger partial charge in [-0.05, 0) is 19.8 Å². The highest BCUT2D eigenvalue weighted by atomic mass is 16.2. The summed E-state index contributed by atoms with van der Waals surface area (Å²) < 4.78 is 0. The van der Waals surface area contributed by atoms with Gasteiger partial charge >= 0.3 is 0 Å². The molecule has 0 aromatic rings. The minimum absolute atomic E-state index is 0.0324. The second kappa shape index (κ2) is 12.5. The summed E-state index contributed by atoms with van der Waals surface area (Å²) in [5, 5.41) is 0. The van der Waals surface area contributed by atoms with Crippen LogP contribution in [-0.4, -0.2) is 35.6 Å². The van der Waals surface area contributed by atoms with Crippen LogP contribution in [0.5, 0.6) is 0 Å². The first kappa shape index (κ1) is 20.8. The van der Waals surface area contributed by atoms with E-state index < -0.39 is 0 Å². The standard InChI is InChI=1S/C7H9NO2.C6H14.C2H5NO/c1-5(2)8-6(9)3-4-7(8)10;1-4-5-6(2)3;3-1-2-4/h3-5H,1-2H3;6H,4-5H2,1-3H3;2H,1,3H2. The van der Waals surface area contributed by atoms with Crippen molar-refractivity contribution in [1.29, 1.82) is 0 Å². The molecule has 1 heterocycles. The highest BCUT2D eigenvalue weighted by Gasteiger charge is 2.25. The van der Waals surface area contributed by atoms with E-state index in [4.69, 9.17) is 4.79 Å². The SMILES string of the molecule is CC(C)N1C(=O)C=CC1=O.CCCC(C)C.NCC=O. The fraction of sp³-hybridized carbons (Fsp3) is 0.667. The summed E-state index contributed by atoms with van der Waals surface area (Å²) in [6.07, 6.45) is 5.95. The molecule has 2 amide bonds. The molecule has 0 saturated heterocycles. The molecule has 1 aliphatic rings. The lowest BCUT2D eigenvalue weighted by molar-refractivity contribution is -0.138. The molecule has 20 heavy (non-hydrogen) atoms. The fourth-order valence-electron chi connectivity index (χ4n) is 1.50. The van der Waals surface area contributed by atoms with Crippen LogP contribution in [0.4, 0.5) is 0 Å². The number of nitrogens with zero attached hydrogens (tertiary/aromatic N) is 1. The number of rotatable bonds is 4. The largest absolute Gasteiger partial charge is 0.324 e. The van der Waals surface area contributed by atoms with Crippen LogP contribution < -0.4 is 5.73 Å². The van der Waals surface area contributed by atoms with Crippen molar-refractivity contribution in [3.63, 3.8) is 0 Å². The number of amides is 2. The molecule has 0 aliphatic carbocycles. The third-order valence-corrected chi connectivity index (χ3v) is 2.32. The Morgan fingerprint density at radius 3 is 1.65 bits per heavy atom. The van der Waals surface area contributed by atoms with Crippen LogP contribution in [0.1, 0.15) is 47.5 Å². The minimum Gasteiger partial charge on any atom is -0.324 e. The smallest absolute Gasteiger partial charge is 0.253 e. The molecule has 0 atom stereocenters. The van der Waals surface area contributed by atoms with Crippen LogP contribution >= 0.6 is 0 Å². The predicted octanol–water partition coefficient (Wildman–Crippen LogP) is 1.91. The number of nitrogens with two attached hydrogens (primary N) is 1.